The number of thioether (sulfide) groups is 1. The lowest BCUT2D eigenvalue weighted by atomic mass is 10.1. The molecule has 1 fully saturated rings. The second-order valence-electron chi connectivity index (χ2n) is 5.81. The van der Waals surface area contributed by atoms with E-state index in [1.54, 1.807) is 30.3 Å². The number of benzene rings is 2. The number of hydrogen-bond donors (Lipinski definition) is 0. The van der Waals surface area contributed by atoms with Gasteiger partial charge in [0.15, 0.2) is 9.75 Å². The van der Waals surface area contributed by atoms with Gasteiger partial charge in [-0.2, -0.15) is 0 Å². The maximum absolute atomic E-state index is 12.8. The van der Waals surface area contributed by atoms with E-state index in [0.29, 0.717) is 16.7 Å². The summed E-state index contributed by atoms with van der Waals surface area (Å²) in [6.45, 7) is 0. The molecule has 138 valence electrons. The molecule has 2 aromatic carbocycles. The summed E-state index contributed by atoms with van der Waals surface area (Å²) in [4.78, 5) is 37.3. The van der Waals surface area contributed by atoms with Crippen LogP contribution in [-0.4, -0.2) is 15.2 Å². The third-order valence-corrected chi connectivity index (χ3v) is 5.39. The topological polar surface area (TPSA) is 93.7 Å². The van der Waals surface area contributed by atoms with Crippen molar-refractivity contribution in [3.05, 3.63) is 85.6 Å². The lowest BCUT2D eigenvalue weighted by molar-refractivity contribution is -0.384. The Morgan fingerprint density at radius 3 is 2.71 bits per heavy atom. The fourth-order valence-electron chi connectivity index (χ4n) is 2.77. The number of amides is 1. The zero-order chi connectivity index (χ0) is 19.8. The van der Waals surface area contributed by atoms with Crippen LogP contribution in [0.3, 0.4) is 0 Å². The number of nitro groups is 1. The van der Waals surface area contributed by atoms with Crippen molar-refractivity contribution >= 4 is 62.6 Å². The minimum absolute atomic E-state index is 0.147. The molecule has 0 N–H and O–H groups in total. The highest BCUT2D eigenvalue weighted by Gasteiger charge is 2.34. The van der Waals surface area contributed by atoms with Crippen LogP contribution < -0.4 is 10.3 Å². The summed E-state index contributed by atoms with van der Waals surface area (Å²) in [6.07, 6.45) is 2.72. The standard InChI is InChI=1S/C19H10N2O5S2/c22-17-11(10-26-15-7-2-1-6-14(15)17)8-16-18(23)20(19(27)28-16)12-4-3-5-13(9-12)21(24)25/h1-10H/b16-8+. The van der Waals surface area contributed by atoms with Gasteiger partial charge in [-0.15, -0.1) is 0 Å². The Balaban J connectivity index is 1.73. The van der Waals surface area contributed by atoms with Crippen LogP contribution in [-0.2, 0) is 4.79 Å². The molecule has 0 unspecified atom stereocenters. The molecule has 1 aliphatic rings. The van der Waals surface area contributed by atoms with Crippen LogP contribution in [0.4, 0.5) is 11.4 Å². The van der Waals surface area contributed by atoms with E-state index in [0.717, 1.165) is 11.8 Å². The monoisotopic (exact) mass is 410 g/mol. The smallest absolute Gasteiger partial charge is 0.271 e. The van der Waals surface area contributed by atoms with E-state index in [2.05, 4.69) is 0 Å². The predicted molar refractivity (Wildman–Crippen MR) is 111 cm³/mol. The molecule has 0 aliphatic carbocycles. The first-order valence-corrected chi connectivity index (χ1v) is 9.21. The molecule has 0 spiro atoms. The highest BCUT2D eigenvalue weighted by Crippen LogP contribution is 2.36. The average Bonchev–Trinajstić information content (AvgIpc) is 2.97. The lowest BCUT2D eigenvalue weighted by Crippen LogP contribution is -2.27. The molecule has 3 aromatic rings. The van der Waals surface area contributed by atoms with E-state index in [1.807, 2.05) is 0 Å². The molecule has 4 rings (SSSR count). The van der Waals surface area contributed by atoms with Gasteiger partial charge in [-0.05, 0) is 24.3 Å². The second kappa shape index (κ2) is 7.02. The van der Waals surface area contributed by atoms with Gasteiger partial charge >= 0.3 is 0 Å². The summed E-state index contributed by atoms with van der Waals surface area (Å²) < 4.78 is 5.69. The van der Waals surface area contributed by atoms with Crippen LogP contribution in [0.2, 0.25) is 0 Å². The Labute approximate surface area is 167 Å². The molecule has 1 aliphatic heterocycles. The molecule has 2 heterocycles. The van der Waals surface area contributed by atoms with Gasteiger partial charge in [0.2, 0.25) is 0 Å². The molecular formula is C19H10N2O5S2. The Kier molecular flexibility index (Phi) is 4.54. The van der Waals surface area contributed by atoms with Gasteiger partial charge in [0, 0.05) is 12.1 Å². The number of thiocarbonyl (C=S) groups is 1. The minimum Gasteiger partial charge on any atom is -0.463 e. The van der Waals surface area contributed by atoms with Crippen molar-refractivity contribution in [2.45, 2.75) is 0 Å². The number of non-ortho nitro benzene ring substituents is 1. The molecule has 0 radical (unpaired) electrons. The fourth-order valence-corrected chi connectivity index (χ4v) is 4.06. The van der Waals surface area contributed by atoms with E-state index in [9.17, 15) is 19.7 Å². The summed E-state index contributed by atoms with van der Waals surface area (Å²) in [5, 5.41) is 11.4. The number of nitro benzene ring substituents is 1. The summed E-state index contributed by atoms with van der Waals surface area (Å²) in [5.74, 6) is -0.456. The minimum atomic E-state index is -0.544. The third kappa shape index (κ3) is 3.10. The number of para-hydroxylation sites is 1. The van der Waals surface area contributed by atoms with Crippen molar-refractivity contribution in [2.75, 3.05) is 4.90 Å². The van der Waals surface area contributed by atoms with Gasteiger partial charge in [-0.1, -0.05) is 42.2 Å². The van der Waals surface area contributed by atoms with Crippen molar-refractivity contribution in [1.29, 1.82) is 0 Å². The first-order chi connectivity index (χ1) is 13.5. The van der Waals surface area contributed by atoms with Gasteiger partial charge in [-0.25, -0.2) is 0 Å². The second-order valence-corrected chi connectivity index (χ2v) is 7.49. The Morgan fingerprint density at radius 2 is 1.93 bits per heavy atom. The molecule has 0 bridgehead atoms. The number of carbonyl (C=O) groups is 1. The number of fused-ring (bicyclic) bond motifs is 1. The third-order valence-electron chi connectivity index (χ3n) is 4.09. The van der Waals surface area contributed by atoms with Crippen molar-refractivity contribution in [1.82, 2.24) is 0 Å². The molecule has 1 amide bonds. The van der Waals surface area contributed by atoms with E-state index < -0.39 is 10.8 Å². The molecule has 1 saturated heterocycles. The number of rotatable bonds is 3. The van der Waals surface area contributed by atoms with E-state index >= 15 is 0 Å². The SMILES string of the molecule is O=C1/C(=C\c2coc3ccccc3c2=O)SC(=S)N1c1cccc([N+](=O)[O-])c1. The molecule has 28 heavy (non-hydrogen) atoms. The van der Waals surface area contributed by atoms with Gasteiger partial charge in [0.25, 0.3) is 11.6 Å². The Morgan fingerprint density at radius 1 is 1.14 bits per heavy atom. The number of hydrogen-bond acceptors (Lipinski definition) is 7. The molecule has 0 saturated carbocycles. The van der Waals surface area contributed by atoms with Gasteiger partial charge in [0.1, 0.15) is 11.8 Å². The summed E-state index contributed by atoms with van der Waals surface area (Å²) >= 11 is 6.29. The van der Waals surface area contributed by atoms with Crippen LogP contribution in [0.15, 0.2) is 68.9 Å². The quantitative estimate of drug-likeness (QED) is 0.278. The molecule has 1 aromatic heterocycles. The number of anilines is 1. The first kappa shape index (κ1) is 18.1. The van der Waals surface area contributed by atoms with Gasteiger partial charge in [0.05, 0.1) is 26.5 Å². The average molecular weight is 410 g/mol. The summed E-state index contributed by atoms with van der Waals surface area (Å²) in [6, 6.07) is 12.5. The maximum atomic E-state index is 12.8. The normalized spacial score (nSPS) is 15.6. The largest absolute Gasteiger partial charge is 0.463 e. The zero-order valence-corrected chi connectivity index (χ0v) is 15.7. The lowest BCUT2D eigenvalue weighted by Gasteiger charge is -2.13. The summed E-state index contributed by atoms with van der Waals surface area (Å²) in [5.41, 5.74) is 0.561. The number of carbonyl (C=O) groups excluding carboxylic acids is 1. The van der Waals surface area contributed by atoms with E-state index in [4.69, 9.17) is 16.6 Å². The van der Waals surface area contributed by atoms with Crippen molar-refractivity contribution in [3.8, 4) is 0 Å². The molecule has 9 heteroatoms. The Bertz CT molecular complexity index is 1250. The molecular weight excluding hydrogens is 400 g/mol. The van der Waals surface area contributed by atoms with Crippen LogP contribution in [0.1, 0.15) is 5.56 Å². The van der Waals surface area contributed by atoms with Crippen LogP contribution >= 0.6 is 24.0 Å². The van der Waals surface area contributed by atoms with Crippen LogP contribution in [0.5, 0.6) is 0 Å². The van der Waals surface area contributed by atoms with Crippen molar-refractivity contribution in [3.63, 3.8) is 0 Å². The van der Waals surface area contributed by atoms with E-state index in [1.165, 1.54) is 35.4 Å². The van der Waals surface area contributed by atoms with Gasteiger partial charge in [-0.3, -0.25) is 24.6 Å². The highest BCUT2D eigenvalue weighted by atomic mass is 32.2. The van der Waals surface area contributed by atoms with Crippen LogP contribution in [0.25, 0.3) is 17.0 Å². The first-order valence-electron chi connectivity index (χ1n) is 7.98. The predicted octanol–water partition coefficient (Wildman–Crippen LogP) is 4.11. The van der Waals surface area contributed by atoms with Crippen molar-refractivity contribution < 1.29 is 14.1 Å². The molecule has 0 atom stereocenters. The van der Waals surface area contributed by atoms with Crippen molar-refractivity contribution in [2.24, 2.45) is 0 Å². The van der Waals surface area contributed by atoms with Gasteiger partial charge < -0.3 is 4.42 Å². The van der Waals surface area contributed by atoms with Crippen LogP contribution in [0, 0.1) is 10.1 Å². The maximum Gasteiger partial charge on any atom is 0.271 e. The summed E-state index contributed by atoms with van der Waals surface area (Å²) in [7, 11) is 0. The Hall–Kier alpha value is -3.30. The molecule has 7 nitrogen and oxygen atoms in total. The number of nitrogens with zero attached hydrogens (tertiary/aromatic N) is 2. The van der Waals surface area contributed by atoms with E-state index in [-0.39, 0.29) is 25.9 Å². The zero-order valence-electron chi connectivity index (χ0n) is 14.0. The highest BCUT2D eigenvalue weighted by molar-refractivity contribution is 8.27. The fraction of sp³-hybridized carbons (Fsp3) is 0.